The van der Waals surface area contributed by atoms with Crippen molar-refractivity contribution in [3.05, 3.63) is 40.0 Å². The number of ether oxygens (including phenoxy) is 1. The number of rotatable bonds is 7. The highest BCUT2D eigenvalue weighted by atomic mass is 16.6. The van der Waals surface area contributed by atoms with Crippen LogP contribution in [0.3, 0.4) is 0 Å². The zero-order valence-electron chi connectivity index (χ0n) is 19.6. The molecule has 1 aromatic carbocycles. The van der Waals surface area contributed by atoms with Gasteiger partial charge >= 0.3 is 11.9 Å². The van der Waals surface area contributed by atoms with Gasteiger partial charge in [0.25, 0.3) is 11.6 Å². The second-order valence-electron chi connectivity index (χ2n) is 8.41. The van der Waals surface area contributed by atoms with E-state index in [4.69, 9.17) is 30.3 Å². The van der Waals surface area contributed by atoms with Crippen LogP contribution in [0.25, 0.3) is 0 Å². The van der Waals surface area contributed by atoms with Crippen molar-refractivity contribution in [2.45, 2.75) is 45.1 Å². The van der Waals surface area contributed by atoms with E-state index in [2.05, 4.69) is 22.4 Å². The minimum Gasteiger partial charge on any atom is -0.493 e. The molecule has 1 aliphatic carbocycles. The topological polar surface area (TPSA) is 185 Å². The number of nitrogens with one attached hydrogen (secondary N) is 1. The van der Waals surface area contributed by atoms with Crippen molar-refractivity contribution in [1.82, 2.24) is 10.2 Å². The number of carboxylic acid groups (broad SMARTS) is 2. The van der Waals surface area contributed by atoms with E-state index >= 15 is 0 Å². The Bertz CT molecular complexity index is 945. The Kier molecular flexibility index (Phi) is 10.5. The monoisotopic (exact) mass is 492 g/mol. The summed E-state index contributed by atoms with van der Waals surface area (Å²) in [7, 11) is 0. The molecule has 5 N–H and O–H groups in total. The number of nitrogen functional groups attached to an aromatic ring is 1. The molecule has 35 heavy (non-hydrogen) atoms. The van der Waals surface area contributed by atoms with E-state index in [9.17, 15) is 14.9 Å². The first-order chi connectivity index (χ1) is 16.6. The summed E-state index contributed by atoms with van der Waals surface area (Å²) < 4.78 is 5.49. The molecule has 0 aromatic heterocycles. The number of likely N-dealkylation sites (tertiary alicyclic amines) is 1. The number of benzene rings is 1. The number of amides is 1. The second-order valence-corrected chi connectivity index (χ2v) is 8.41. The summed E-state index contributed by atoms with van der Waals surface area (Å²) in [5, 5.41) is 29.0. The summed E-state index contributed by atoms with van der Waals surface area (Å²) in [5.74, 6) is -3.00. The Morgan fingerprint density at radius 1 is 1.17 bits per heavy atom. The lowest BCUT2D eigenvalue weighted by Crippen LogP contribution is -2.45. The zero-order chi connectivity index (χ0) is 26.0. The molecule has 1 heterocycles. The van der Waals surface area contributed by atoms with E-state index in [1.54, 1.807) is 6.92 Å². The van der Waals surface area contributed by atoms with Gasteiger partial charge in [0.2, 0.25) is 0 Å². The molecule has 0 bridgehead atoms. The van der Waals surface area contributed by atoms with Crippen LogP contribution in [-0.2, 0) is 9.59 Å². The molecule has 1 saturated heterocycles. The number of carboxylic acids is 2. The average Bonchev–Trinajstić information content (AvgIpc) is 2.81. The normalized spacial score (nSPS) is 18.1. The maximum absolute atomic E-state index is 12.8. The SMILES string of the molecule is CCOc1cc(N)c([N+](=O)[O-])cc1C(=O)NC1CCN(CC2CC=CCC2)CC1.O=C(O)C(=O)O. The molecule has 0 radical (unpaired) electrons. The summed E-state index contributed by atoms with van der Waals surface area (Å²) in [6, 6.07) is 2.62. The van der Waals surface area contributed by atoms with Crippen molar-refractivity contribution in [2.75, 3.05) is 32.0 Å². The van der Waals surface area contributed by atoms with Crippen LogP contribution in [0.5, 0.6) is 5.75 Å². The van der Waals surface area contributed by atoms with Gasteiger partial charge in [-0.3, -0.25) is 14.9 Å². The fourth-order valence-electron chi connectivity index (χ4n) is 4.10. The Labute approximate surface area is 202 Å². The lowest BCUT2D eigenvalue weighted by Gasteiger charge is -2.35. The van der Waals surface area contributed by atoms with Gasteiger partial charge in [-0.25, -0.2) is 9.59 Å². The molecule has 0 spiro atoms. The number of allylic oxidation sites excluding steroid dienone is 2. The number of nitro groups is 1. The molecule has 0 saturated carbocycles. The van der Waals surface area contributed by atoms with E-state index in [0.717, 1.165) is 44.8 Å². The average molecular weight is 493 g/mol. The van der Waals surface area contributed by atoms with Gasteiger partial charge in [-0.15, -0.1) is 0 Å². The minimum absolute atomic E-state index is 0.0131. The predicted molar refractivity (Wildman–Crippen MR) is 127 cm³/mol. The van der Waals surface area contributed by atoms with Crippen molar-refractivity contribution < 1.29 is 34.3 Å². The highest BCUT2D eigenvalue weighted by molar-refractivity contribution is 6.27. The van der Waals surface area contributed by atoms with Crippen molar-refractivity contribution in [3.8, 4) is 5.75 Å². The van der Waals surface area contributed by atoms with Gasteiger partial charge < -0.3 is 30.9 Å². The molecule has 1 aliphatic heterocycles. The molecule has 1 unspecified atom stereocenters. The molecule has 12 heteroatoms. The second kappa shape index (κ2) is 13.3. The van der Waals surface area contributed by atoms with Crippen LogP contribution in [0.15, 0.2) is 24.3 Å². The van der Waals surface area contributed by atoms with Gasteiger partial charge in [0.1, 0.15) is 11.4 Å². The highest BCUT2D eigenvalue weighted by Crippen LogP contribution is 2.31. The van der Waals surface area contributed by atoms with Gasteiger partial charge in [0.15, 0.2) is 0 Å². The predicted octanol–water partition coefficient (Wildman–Crippen LogP) is 2.28. The van der Waals surface area contributed by atoms with Crippen LogP contribution >= 0.6 is 0 Å². The van der Waals surface area contributed by atoms with Crippen LogP contribution < -0.4 is 15.8 Å². The lowest BCUT2D eigenvalue weighted by atomic mass is 9.93. The van der Waals surface area contributed by atoms with Crippen LogP contribution in [0.1, 0.15) is 49.4 Å². The van der Waals surface area contributed by atoms with Gasteiger partial charge in [-0.2, -0.15) is 0 Å². The maximum Gasteiger partial charge on any atom is 0.414 e. The van der Waals surface area contributed by atoms with E-state index in [-0.39, 0.29) is 34.6 Å². The van der Waals surface area contributed by atoms with Gasteiger partial charge in [0.05, 0.1) is 17.1 Å². The summed E-state index contributed by atoms with van der Waals surface area (Å²) in [6.45, 7) is 5.14. The molecule has 1 aromatic rings. The Morgan fingerprint density at radius 3 is 2.34 bits per heavy atom. The number of hydrogen-bond donors (Lipinski definition) is 4. The molecule has 2 aliphatic rings. The van der Waals surface area contributed by atoms with Crippen LogP contribution in [0, 0.1) is 16.0 Å². The number of nitrogens with zero attached hydrogens (tertiary/aromatic N) is 2. The third-order valence-corrected chi connectivity index (χ3v) is 5.87. The molecule has 1 fully saturated rings. The number of nitrogens with two attached hydrogens (primary N) is 1. The summed E-state index contributed by atoms with van der Waals surface area (Å²) in [6.07, 6.45) is 9.87. The van der Waals surface area contributed by atoms with E-state index in [1.807, 2.05) is 0 Å². The first-order valence-corrected chi connectivity index (χ1v) is 11.5. The van der Waals surface area contributed by atoms with Crippen LogP contribution in [0.4, 0.5) is 11.4 Å². The number of nitro benzene ring substituents is 1. The van der Waals surface area contributed by atoms with E-state index in [0.29, 0.717) is 6.61 Å². The van der Waals surface area contributed by atoms with E-state index in [1.165, 1.54) is 25.0 Å². The standard InChI is InChI=1S/C21H30N4O4.C2H2O4/c1-2-29-20-13-18(22)19(25(27)28)12-17(20)21(26)23-16-8-10-24(11-9-16)14-15-6-4-3-5-7-15;3-1(4)2(5)6/h3-4,12-13,15-16H,2,5-11,14,22H2,1H3,(H,23,26);(H,3,4)(H,5,6). The quantitative estimate of drug-likeness (QED) is 0.145. The maximum atomic E-state index is 12.8. The zero-order valence-corrected chi connectivity index (χ0v) is 19.6. The highest BCUT2D eigenvalue weighted by Gasteiger charge is 2.26. The Morgan fingerprint density at radius 2 is 1.83 bits per heavy atom. The largest absolute Gasteiger partial charge is 0.493 e. The van der Waals surface area contributed by atoms with Crippen LogP contribution in [0.2, 0.25) is 0 Å². The van der Waals surface area contributed by atoms with E-state index < -0.39 is 16.9 Å². The third-order valence-electron chi connectivity index (χ3n) is 5.87. The molecule has 12 nitrogen and oxygen atoms in total. The smallest absolute Gasteiger partial charge is 0.414 e. The van der Waals surface area contributed by atoms with Gasteiger partial charge in [-0.05, 0) is 44.9 Å². The molecule has 1 atom stereocenters. The number of carbonyl (C=O) groups is 3. The fraction of sp³-hybridized carbons (Fsp3) is 0.522. The number of carbonyl (C=O) groups excluding carboxylic acids is 1. The van der Waals surface area contributed by atoms with Crippen molar-refractivity contribution in [2.24, 2.45) is 5.92 Å². The minimum atomic E-state index is -1.82. The summed E-state index contributed by atoms with van der Waals surface area (Å²) in [5.41, 5.74) is 5.60. The fourth-order valence-corrected chi connectivity index (χ4v) is 4.10. The summed E-state index contributed by atoms with van der Waals surface area (Å²) >= 11 is 0. The number of aliphatic carboxylic acids is 2. The van der Waals surface area contributed by atoms with Crippen LogP contribution in [-0.4, -0.2) is 70.2 Å². The number of anilines is 1. The Hall–Kier alpha value is -3.67. The van der Waals surface area contributed by atoms with Crippen molar-refractivity contribution in [1.29, 1.82) is 0 Å². The van der Waals surface area contributed by atoms with Crippen molar-refractivity contribution in [3.63, 3.8) is 0 Å². The molecule has 192 valence electrons. The van der Waals surface area contributed by atoms with Crippen molar-refractivity contribution >= 4 is 29.2 Å². The van der Waals surface area contributed by atoms with Gasteiger partial charge in [-0.1, -0.05) is 12.2 Å². The molecular formula is C23H32N4O8. The third kappa shape index (κ3) is 8.56. The van der Waals surface area contributed by atoms with Gasteiger partial charge in [0, 0.05) is 37.8 Å². The lowest BCUT2D eigenvalue weighted by molar-refractivity contribution is -0.383. The summed E-state index contributed by atoms with van der Waals surface area (Å²) in [4.78, 5) is 44.1. The number of piperidine rings is 1. The first-order valence-electron chi connectivity index (χ1n) is 11.5. The molecular weight excluding hydrogens is 460 g/mol. The number of hydrogen-bond acceptors (Lipinski definition) is 8. The Balaban J connectivity index is 0.000000641. The molecule has 3 rings (SSSR count). The molecule has 1 amide bonds. The first kappa shape index (κ1) is 27.6.